The predicted molar refractivity (Wildman–Crippen MR) is 82.8 cm³/mol. The van der Waals surface area contributed by atoms with Crippen molar-refractivity contribution in [3.05, 3.63) is 0 Å². The molecule has 1 saturated carbocycles. The molecular weight excluding hydrogens is 268 g/mol. The van der Waals surface area contributed by atoms with E-state index in [9.17, 15) is 14.7 Å². The number of hydrogen-bond donors (Lipinski definition) is 3. The van der Waals surface area contributed by atoms with E-state index < -0.39 is 11.4 Å². The molecule has 0 aromatic carbocycles. The first kappa shape index (κ1) is 18.0. The van der Waals surface area contributed by atoms with Crippen LogP contribution in [-0.4, -0.2) is 30.1 Å². The van der Waals surface area contributed by atoms with Crippen LogP contribution in [0.15, 0.2) is 0 Å². The van der Waals surface area contributed by atoms with E-state index in [4.69, 9.17) is 5.73 Å². The highest BCUT2D eigenvalue weighted by Crippen LogP contribution is 2.36. The van der Waals surface area contributed by atoms with Crippen molar-refractivity contribution in [2.24, 2.45) is 16.6 Å². The second kappa shape index (κ2) is 7.78. The lowest BCUT2D eigenvalue weighted by atomic mass is 9.74. The highest BCUT2D eigenvalue weighted by atomic mass is 16.4. The van der Waals surface area contributed by atoms with Gasteiger partial charge >= 0.3 is 5.97 Å². The van der Waals surface area contributed by atoms with Crippen LogP contribution in [0.4, 0.5) is 0 Å². The summed E-state index contributed by atoms with van der Waals surface area (Å²) in [6.07, 6.45) is 6.40. The molecule has 0 atom stereocenters. The molecule has 5 nitrogen and oxygen atoms in total. The fourth-order valence-electron chi connectivity index (χ4n) is 3.02. The summed E-state index contributed by atoms with van der Waals surface area (Å²) in [5.74, 6) is -0.822. The van der Waals surface area contributed by atoms with Gasteiger partial charge < -0.3 is 16.2 Å². The van der Waals surface area contributed by atoms with Gasteiger partial charge in [-0.2, -0.15) is 0 Å². The number of carbonyl (C=O) groups is 2. The summed E-state index contributed by atoms with van der Waals surface area (Å²) in [6, 6.07) is 0. The molecule has 0 heterocycles. The minimum Gasteiger partial charge on any atom is -0.481 e. The molecule has 0 saturated heterocycles. The molecule has 1 aliphatic carbocycles. The molecule has 0 radical (unpaired) electrons. The minimum absolute atomic E-state index is 0.0497. The van der Waals surface area contributed by atoms with Gasteiger partial charge in [-0.15, -0.1) is 0 Å². The second-order valence-electron chi connectivity index (χ2n) is 7.13. The Balaban J connectivity index is 2.42. The van der Waals surface area contributed by atoms with E-state index in [1.807, 2.05) is 0 Å². The minimum atomic E-state index is -0.772. The SMILES string of the molecule is CC(C)(CCN)CCC(=O)NCC1(C(=O)O)CCCCC1. The molecule has 5 heteroatoms. The van der Waals surface area contributed by atoms with Crippen molar-refractivity contribution in [1.29, 1.82) is 0 Å². The van der Waals surface area contributed by atoms with Gasteiger partial charge in [0.2, 0.25) is 5.91 Å². The molecule has 122 valence electrons. The first-order valence-electron chi connectivity index (χ1n) is 8.01. The number of nitrogens with one attached hydrogen (secondary N) is 1. The molecule has 1 amide bonds. The Kier molecular flexibility index (Phi) is 6.65. The van der Waals surface area contributed by atoms with Crippen LogP contribution in [0.1, 0.15) is 65.2 Å². The van der Waals surface area contributed by atoms with Crippen LogP contribution in [0.2, 0.25) is 0 Å². The Hall–Kier alpha value is -1.10. The van der Waals surface area contributed by atoms with Gasteiger partial charge in [0.15, 0.2) is 0 Å². The summed E-state index contributed by atoms with van der Waals surface area (Å²) in [5.41, 5.74) is 4.87. The van der Waals surface area contributed by atoms with Gasteiger partial charge in [-0.3, -0.25) is 9.59 Å². The largest absolute Gasteiger partial charge is 0.481 e. The van der Waals surface area contributed by atoms with Gasteiger partial charge in [-0.25, -0.2) is 0 Å². The summed E-state index contributed by atoms with van der Waals surface area (Å²) in [7, 11) is 0. The van der Waals surface area contributed by atoms with Gasteiger partial charge in [0.25, 0.3) is 0 Å². The molecule has 1 rings (SSSR count). The van der Waals surface area contributed by atoms with Crippen LogP contribution < -0.4 is 11.1 Å². The lowest BCUT2D eigenvalue weighted by Gasteiger charge is -2.33. The van der Waals surface area contributed by atoms with Crippen LogP contribution >= 0.6 is 0 Å². The average Bonchev–Trinajstić information content (AvgIpc) is 2.44. The number of carboxylic acids is 1. The van der Waals surface area contributed by atoms with E-state index in [0.717, 1.165) is 32.1 Å². The van der Waals surface area contributed by atoms with Crippen LogP contribution in [0.5, 0.6) is 0 Å². The maximum Gasteiger partial charge on any atom is 0.311 e. The second-order valence-corrected chi connectivity index (χ2v) is 7.13. The van der Waals surface area contributed by atoms with Gasteiger partial charge in [0.05, 0.1) is 5.41 Å². The third-order valence-corrected chi connectivity index (χ3v) is 4.74. The Morgan fingerprint density at radius 3 is 2.33 bits per heavy atom. The topological polar surface area (TPSA) is 92.4 Å². The molecule has 0 aromatic rings. The number of hydrogen-bond acceptors (Lipinski definition) is 3. The Labute approximate surface area is 127 Å². The first-order valence-corrected chi connectivity index (χ1v) is 8.01. The van der Waals surface area contributed by atoms with Gasteiger partial charge in [0, 0.05) is 13.0 Å². The van der Waals surface area contributed by atoms with Crippen molar-refractivity contribution < 1.29 is 14.7 Å². The molecule has 0 aromatic heterocycles. The molecular formula is C16H30N2O3. The average molecular weight is 298 g/mol. The van der Waals surface area contributed by atoms with Gasteiger partial charge in [0.1, 0.15) is 0 Å². The van der Waals surface area contributed by atoms with Crippen LogP contribution in [-0.2, 0) is 9.59 Å². The number of carbonyl (C=O) groups excluding carboxylic acids is 1. The Morgan fingerprint density at radius 1 is 1.19 bits per heavy atom. The molecule has 0 bridgehead atoms. The van der Waals surface area contributed by atoms with E-state index in [1.54, 1.807) is 0 Å². The Morgan fingerprint density at radius 2 is 1.81 bits per heavy atom. The fourth-order valence-corrected chi connectivity index (χ4v) is 3.02. The highest BCUT2D eigenvalue weighted by molar-refractivity contribution is 5.79. The molecule has 0 aliphatic heterocycles. The first-order chi connectivity index (χ1) is 9.81. The summed E-state index contributed by atoms with van der Waals surface area (Å²) in [5, 5.41) is 12.3. The summed E-state index contributed by atoms with van der Waals surface area (Å²) < 4.78 is 0. The van der Waals surface area contributed by atoms with E-state index in [0.29, 0.717) is 25.8 Å². The monoisotopic (exact) mass is 298 g/mol. The number of carboxylic acid groups (broad SMARTS) is 1. The molecule has 1 fully saturated rings. The Bertz CT molecular complexity index is 361. The fraction of sp³-hybridized carbons (Fsp3) is 0.875. The lowest BCUT2D eigenvalue weighted by Crippen LogP contribution is -2.44. The van der Waals surface area contributed by atoms with Crippen molar-refractivity contribution in [2.75, 3.05) is 13.1 Å². The quantitative estimate of drug-likeness (QED) is 0.641. The molecule has 4 N–H and O–H groups in total. The maximum atomic E-state index is 12.0. The molecule has 21 heavy (non-hydrogen) atoms. The predicted octanol–water partition coefficient (Wildman–Crippen LogP) is 2.29. The maximum absolute atomic E-state index is 12.0. The van der Waals surface area contributed by atoms with Crippen molar-refractivity contribution in [2.45, 2.75) is 65.2 Å². The third-order valence-electron chi connectivity index (χ3n) is 4.74. The number of nitrogens with two attached hydrogens (primary N) is 1. The zero-order valence-electron chi connectivity index (χ0n) is 13.4. The third kappa shape index (κ3) is 5.65. The summed E-state index contributed by atoms with van der Waals surface area (Å²) >= 11 is 0. The summed E-state index contributed by atoms with van der Waals surface area (Å²) in [6.45, 7) is 5.09. The van der Waals surface area contributed by atoms with Crippen molar-refractivity contribution in [3.8, 4) is 0 Å². The van der Waals surface area contributed by atoms with E-state index in [2.05, 4.69) is 19.2 Å². The van der Waals surface area contributed by atoms with Crippen LogP contribution in [0.3, 0.4) is 0 Å². The molecule has 0 unspecified atom stereocenters. The lowest BCUT2D eigenvalue weighted by molar-refractivity contribution is -0.151. The zero-order chi connectivity index (χ0) is 15.9. The normalized spacial score (nSPS) is 18.2. The number of amides is 1. The standard InChI is InChI=1S/C16H30N2O3/c1-15(2,10-11-17)9-6-13(19)18-12-16(14(20)21)7-4-3-5-8-16/h3-12,17H2,1-2H3,(H,18,19)(H,20,21). The molecule has 0 spiro atoms. The zero-order valence-corrected chi connectivity index (χ0v) is 13.4. The van der Waals surface area contributed by atoms with Crippen molar-refractivity contribution in [3.63, 3.8) is 0 Å². The van der Waals surface area contributed by atoms with Gasteiger partial charge in [-0.05, 0) is 37.6 Å². The van der Waals surface area contributed by atoms with Crippen molar-refractivity contribution >= 4 is 11.9 Å². The number of aliphatic carboxylic acids is 1. The smallest absolute Gasteiger partial charge is 0.311 e. The van der Waals surface area contributed by atoms with Crippen LogP contribution in [0, 0.1) is 10.8 Å². The van der Waals surface area contributed by atoms with E-state index in [1.165, 1.54) is 0 Å². The van der Waals surface area contributed by atoms with E-state index >= 15 is 0 Å². The summed E-state index contributed by atoms with van der Waals surface area (Å²) in [4.78, 5) is 23.5. The van der Waals surface area contributed by atoms with Crippen LogP contribution in [0.25, 0.3) is 0 Å². The highest BCUT2D eigenvalue weighted by Gasteiger charge is 2.39. The van der Waals surface area contributed by atoms with Crippen molar-refractivity contribution in [1.82, 2.24) is 5.32 Å². The van der Waals surface area contributed by atoms with E-state index in [-0.39, 0.29) is 17.9 Å². The number of rotatable bonds is 8. The molecule has 1 aliphatic rings. The van der Waals surface area contributed by atoms with Gasteiger partial charge in [-0.1, -0.05) is 33.1 Å².